The van der Waals surface area contributed by atoms with Crippen LogP contribution in [0.5, 0.6) is 0 Å². The minimum atomic E-state index is -1.29. The molecule has 0 heterocycles. The highest BCUT2D eigenvalue weighted by Crippen LogP contribution is 2.24. The van der Waals surface area contributed by atoms with Gasteiger partial charge in [0.1, 0.15) is 0 Å². The first-order valence-electron chi connectivity index (χ1n) is 13.5. The Hall–Kier alpha value is -1.30. The van der Waals surface area contributed by atoms with Crippen LogP contribution < -0.4 is 4.30 Å². The van der Waals surface area contributed by atoms with Crippen molar-refractivity contribution in [2.24, 2.45) is 0 Å². The van der Waals surface area contributed by atoms with Gasteiger partial charge in [-0.3, -0.25) is 4.79 Å². The second-order valence-corrected chi connectivity index (χ2v) is 12.3. The van der Waals surface area contributed by atoms with Crippen molar-refractivity contribution >= 4 is 31.0 Å². The van der Waals surface area contributed by atoms with E-state index >= 15 is 0 Å². The van der Waals surface area contributed by atoms with E-state index < -0.39 is 14.4 Å². The first kappa shape index (κ1) is 27.0. The molecule has 0 aliphatic rings. The summed E-state index contributed by atoms with van der Waals surface area (Å²) in [6.07, 6.45) is 16.9. The Morgan fingerprint density at radius 2 is 1.28 bits per heavy atom. The van der Waals surface area contributed by atoms with E-state index in [0.29, 0.717) is 0 Å². The number of carbonyl (C=O) groups is 1. The van der Waals surface area contributed by atoms with Crippen LogP contribution in [0.2, 0.25) is 10.6 Å². The lowest BCUT2D eigenvalue weighted by atomic mass is 9.97. The van der Waals surface area contributed by atoms with Gasteiger partial charge in [0.25, 0.3) is 0 Å². The summed E-state index contributed by atoms with van der Waals surface area (Å²) < 4.78 is 3.60. The standard InChI is InChI=1S/C13H13NO.2C8H17.Al/c1-2-9-7-8-10-5-3-4-6-11(10)12(9)13(14)15;2*1-3-5-7-8-6-4-2;/h3-8H,2H2,1H3,(H2,14,15);2*1,3-8H2,2H3;/q;;;+1/p-1. The molecule has 2 aromatic rings. The van der Waals surface area contributed by atoms with Gasteiger partial charge in [-0.05, 0) is 22.8 Å². The molecule has 0 aliphatic heterocycles. The highest BCUT2D eigenvalue weighted by molar-refractivity contribution is 6.59. The number of hydrogen-bond donors (Lipinski definition) is 1. The first-order valence-corrected chi connectivity index (χ1v) is 15.7. The number of unbranched alkanes of at least 4 members (excludes halogenated alkanes) is 10. The number of carbonyl (C=O) groups excluding carboxylic acids is 1. The summed E-state index contributed by atoms with van der Waals surface area (Å²) >= 11 is -1.29. The third-order valence-electron chi connectivity index (χ3n) is 6.77. The molecule has 0 bridgehead atoms. The van der Waals surface area contributed by atoms with Crippen molar-refractivity contribution < 1.29 is 4.79 Å². The van der Waals surface area contributed by atoms with Crippen molar-refractivity contribution in [1.82, 2.24) is 4.30 Å². The highest BCUT2D eigenvalue weighted by Gasteiger charge is 2.23. The van der Waals surface area contributed by atoms with Crippen LogP contribution in [-0.4, -0.2) is 20.3 Å². The molecule has 0 atom stereocenters. The molecule has 0 saturated heterocycles. The van der Waals surface area contributed by atoms with Crippen molar-refractivity contribution in [2.75, 3.05) is 0 Å². The summed E-state index contributed by atoms with van der Waals surface area (Å²) in [5.41, 5.74) is 2.10. The quantitative estimate of drug-likeness (QED) is 0.189. The number of fused-ring (bicyclic) bond motifs is 1. The summed E-state index contributed by atoms with van der Waals surface area (Å²) in [4.78, 5) is 13.5. The molecule has 2 nitrogen and oxygen atoms in total. The molecule has 0 saturated carbocycles. The predicted octanol–water partition coefficient (Wildman–Crippen LogP) is 8.84. The van der Waals surface area contributed by atoms with E-state index in [-0.39, 0.29) is 5.91 Å². The van der Waals surface area contributed by atoms with E-state index in [1.54, 1.807) is 0 Å². The largest absolute Gasteiger partial charge is 0.442 e. The van der Waals surface area contributed by atoms with E-state index in [0.717, 1.165) is 17.4 Å². The van der Waals surface area contributed by atoms with Gasteiger partial charge >= 0.3 is 14.4 Å². The van der Waals surface area contributed by atoms with Crippen LogP contribution in [0.1, 0.15) is 114 Å². The monoisotopic (exact) mass is 451 g/mol. The Morgan fingerprint density at radius 1 is 0.719 bits per heavy atom. The zero-order valence-corrected chi connectivity index (χ0v) is 22.2. The molecule has 32 heavy (non-hydrogen) atoms. The van der Waals surface area contributed by atoms with Gasteiger partial charge in [0.05, 0.1) is 0 Å². The van der Waals surface area contributed by atoms with Crippen molar-refractivity contribution in [3.05, 3.63) is 47.5 Å². The molecule has 0 fully saturated rings. The minimum absolute atomic E-state index is 0.187. The zero-order chi connectivity index (χ0) is 23.0. The molecular formula is C29H46AlNO. The number of benzene rings is 2. The Balaban J connectivity index is 2.01. The average molecular weight is 452 g/mol. The molecule has 1 N–H and O–H groups in total. The predicted molar refractivity (Wildman–Crippen MR) is 143 cm³/mol. The molecular weight excluding hydrogens is 405 g/mol. The summed E-state index contributed by atoms with van der Waals surface area (Å²) in [6, 6.07) is 12.7. The highest BCUT2D eigenvalue weighted by atomic mass is 27.2. The molecule has 3 heteroatoms. The van der Waals surface area contributed by atoms with Crippen LogP contribution in [0, 0.1) is 0 Å². The Morgan fingerprint density at radius 3 is 1.88 bits per heavy atom. The second kappa shape index (κ2) is 16.3. The Kier molecular flexibility index (Phi) is 13.8. The summed E-state index contributed by atoms with van der Waals surface area (Å²) in [6.45, 7) is 6.70. The van der Waals surface area contributed by atoms with Gasteiger partial charge in [-0.2, -0.15) is 0 Å². The smallest absolute Gasteiger partial charge is 0.414 e. The van der Waals surface area contributed by atoms with Crippen molar-refractivity contribution in [2.45, 2.75) is 115 Å². The maximum Gasteiger partial charge on any atom is 0.414 e. The van der Waals surface area contributed by atoms with Crippen molar-refractivity contribution in [3.8, 4) is 0 Å². The van der Waals surface area contributed by atoms with Gasteiger partial charge in [-0.15, -0.1) is 0 Å². The molecule has 0 unspecified atom stereocenters. The molecule has 0 aliphatic carbocycles. The maximum absolute atomic E-state index is 13.5. The number of aryl methyl sites for hydroxylation is 1. The lowest BCUT2D eigenvalue weighted by molar-refractivity contribution is 0.0979. The van der Waals surface area contributed by atoms with Gasteiger partial charge in [0, 0.05) is 5.56 Å². The number of hydrogen-bond acceptors (Lipinski definition) is 1. The van der Waals surface area contributed by atoms with E-state index in [1.165, 1.54) is 98.6 Å². The third-order valence-corrected chi connectivity index (χ3v) is 9.65. The lowest BCUT2D eigenvalue weighted by Gasteiger charge is -2.17. The van der Waals surface area contributed by atoms with Gasteiger partial charge in [0.15, 0.2) is 0 Å². The molecule has 0 aromatic heterocycles. The van der Waals surface area contributed by atoms with E-state index in [1.807, 2.05) is 0 Å². The molecule has 0 spiro atoms. The van der Waals surface area contributed by atoms with E-state index in [4.69, 9.17) is 0 Å². The number of rotatable bonds is 17. The zero-order valence-electron chi connectivity index (χ0n) is 21.1. The molecule has 176 valence electrons. The molecule has 2 rings (SSSR count). The van der Waals surface area contributed by atoms with Crippen LogP contribution in [0.25, 0.3) is 10.8 Å². The second-order valence-electron chi connectivity index (χ2n) is 9.46. The first-order chi connectivity index (χ1) is 15.7. The van der Waals surface area contributed by atoms with Gasteiger partial charge in [-0.1, -0.05) is 145 Å². The molecule has 0 radical (unpaired) electrons. The number of amides is 1. The van der Waals surface area contributed by atoms with Crippen LogP contribution >= 0.6 is 0 Å². The van der Waals surface area contributed by atoms with Crippen LogP contribution in [0.3, 0.4) is 0 Å². The van der Waals surface area contributed by atoms with Crippen molar-refractivity contribution in [3.63, 3.8) is 0 Å². The summed E-state index contributed by atoms with van der Waals surface area (Å²) in [5.74, 6) is 0.187. The van der Waals surface area contributed by atoms with Gasteiger partial charge in [0.2, 0.25) is 5.91 Å². The lowest BCUT2D eigenvalue weighted by Crippen LogP contribution is -2.39. The topological polar surface area (TPSA) is 29.1 Å². The summed E-state index contributed by atoms with van der Waals surface area (Å²) in [7, 11) is 0. The van der Waals surface area contributed by atoms with Crippen molar-refractivity contribution in [1.29, 1.82) is 0 Å². The minimum Gasteiger partial charge on any atom is -0.442 e. The molecule has 2 aromatic carbocycles. The number of nitrogens with one attached hydrogen (secondary N) is 1. The fourth-order valence-electron chi connectivity index (χ4n) is 4.77. The normalized spacial score (nSPS) is 11.1. The summed E-state index contributed by atoms with van der Waals surface area (Å²) in [5, 5.41) is 4.77. The van der Waals surface area contributed by atoms with Crippen LogP contribution in [-0.2, 0) is 6.42 Å². The van der Waals surface area contributed by atoms with E-state index in [9.17, 15) is 4.79 Å². The fourth-order valence-corrected chi connectivity index (χ4v) is 7.42. The average Bonchev–Trinajstić information content (AvgIpc) is 2.82. The SMILES string of the molecule is CCCCCCC[CH2][Al]([CH2]CCCCCCC)[NH]C(=O)c1c(CC)ccc2ccccc12. The van der Waals surface area contributed by atoms with Crippen LogP contribution in [0.15, 0.2) is 36.4 Å². The Labute approximate surface area is 202 Å². The van der Waals surface area contributed by atoms with E-state index in [2.05, 4.69) is 61.5 Å². The van der Waals surface area contributed by atoms with Gasteiger partial charge in [-0.25, -0.2) is 0 Å². The fraction of sp³-hybridized carbons (Fsp3) is 0.621. The van der Waals surface area contributed by atoms with Gasteiger partial charge < -0.3 is 4.30 Å². The van der Waals surface area contributed by atoms with Crippen LogP contribution in [0.4, 0.5) is 0 Å². The third kappa shape index (κ3) is 9.29. The molecule has 1 amide bonds. The Bertz CT molecular complexity index is 772. The maximum atomic E-state index is 13.5.